The fourth-order valence-electron chi connectivity index (χ4n) is 2.76. The molecule has 0 bridgehead atoms. The van der Waals surface area contributed by atoms with Gasteiger partial charge in [-0.3, -0.25) is 4.79 Å². The van der Waals surface area contributed by atoms with Gasteiger partial charge in [0.25, 0.3) is 0 Å². The van der Waals surface area contributed by atoms with E-state index in [0.29, 0.717) is 16.3 Å². The molecule has 2 atom stereocenters. The van der Waals surface area contributed by atoms with Gasteiger partial charge in [-0.15, -0.1) is 11.3 Å². The lowest BCUT2D eigenvalue weighted by atomic mass is 9.99. The minimum absolute atomic E-state index is 0.360. The number of ether oxygens (including phenoxy) is 1. The lowest BCUT2D eigenvalue weighted by molar-refractivity contribution is -0.121. The van der Waals surface area contributed by atoms with E-state index in [1.807, 2.05) is 31.2 Å². The average molecular weight is 336 g/mol. The minimum Gasteiger partial charge on any atom is -0.457 e. The molecule has 1 aromatic heterocycles. The zero-order chi connectivity index (χ0) is 15.9. The quantitative estimate of drug-likeness (QED) is 0.876. The molecule has 1 aliphatic rings. The monoisotopic (exact) mass is 335 g/mol. The van der Waals surface area contributed by atoms with E-state index >= 15 is 0 Å². The maximum Gasteiger partial charge on any atom is 0.350 e. The zero-order valence-corrected chi connectivity index (χ0v) is 13.4. The summed E-state index contributed by atoms with van der Waals surface area (Å²) < 4.78 is 5.53. The lowest BCUT2D eigenvalue weighted by Crippen LogP contribution is -2.32. The Hall–Kier alpha value is -1.85. The Balaban J connectivity index is 1.85. The van der Waals surface area contributed by atoms with Gasteiger partial charge in [-0.05, 0) is 29.0 Å². The molecule has 0 saturated carbocycles. The molecule has 6 heteroatoms. The summed E-state index contributed by atoms with van der Waals surface area (Å²) in [6.45, 7) is 1.83. The lowest BCUT2D eigenvalue weighted by Gasteiger charge is -2.17. The van der Waals surface area contributed by atoms with E-state index < -0.39 is 23.9 Å². The Morgan fingerprint density at radius 3 is 2.73 bits per heavy atom. The first-order chi connectivity index (χ1) is 10.5. The number of thiophene rings is 1. The van der Waals surface area contributed by atoms with Crippen LogP contribution in [0.5, 0.6) is 0 Å². The van der Waals surface area contributed by atoms with Gasteiger partial charge in [0.15, 0.2) is 0 Å². The van der Waals surface area contributed by atoms with Gasteiger partial charge in [-0.1, -0.05) is 35.9 Å². The fourth-order valence-corrected chi connectivity index (χ4v) is 3.91. The molecule has 0 saturated heterocycles. The van der Waals surface area contributed by atoms with Crippen LogP contribution < -0.4 is 5.73 Å². The van der Waals surface area contributed by atoms with Gasteiger partial charge in [0.1, 0.15) is 16.9 Å². The number of benzene rings is 1. The number of rotatable bonds is 3. The van der Waals surface area contributed by atoms with Crippen molar-refractivity contribution < 1.29 is 14.3 Å². The van der Waals surface area contributed by atoms with Crippen molar-refractivity contribution in [3.05, 3.63) is 56.2 Å². The zero-order valence-electron chi connectivity index (χ0n) is 11.8. The highest BCUT2D eigenvalue weighted by Crippen LogP contribution is 2.36. The second-order valence-corrected chi connectivity index (χ2v) is 6.55. The molecule has 1 amide bonds. The van der Waals surface area contributed by atoms with E-state index in [-0.39, 0.29) is 0 Å². The third kappa shape index (κ3) is 2.51. The highest BCUT2D eigenvalue weighted by molar-refractivity contribution is 7.12. The molecule has 22 heavy (non-hydrogen) atoms. The molecule has 1 aliphatic carbocycles. The molecule has 2 aromatic rings. The van der Waals surface area contributed by atoms with E-state index in [1.165, 1.54) is 11.3 Å². The number of nitrogens with two attached hydrogens (primary N) is 1. The van der Waals surface area contributed by atoms with Gasteiger partial charge < -0.3 is 10.5 Å². The summed E-state index contributed by atoms with van der Waals surface area (Å²) >= 11 is 7.33. The van der Waals surface area contributed by atoms with Crippen LogP contribution in [-0.2, 0) is 16.0 Å². The number of aryl methyl sites for hydroxylation is 1. The van der Waals surface area contributed by atoms with Crippen LogP contribution in [0.2, 0.25) is 5.02 Å². The Labute approximate surface area is 136 Å². The van der Waals surface area contributed by atoms with Crippen molar-refractivity contribution in [1.82, 2.24) is 0 Å². The molecule has 0 fully saturated rings. The fraction of sp³-hybridized carbons (Fsp3) is 0.250. The Morgan fingerprint density at radius 2 is 2.09 bits per heavy atom. The maximum atomic E-state index is 12.3. The molecule has 1 heterocycles. The molecule has 2 N–H and O–H groups in total. The predicted molar refractivity (Wildman–Crippen MR) is 85.4 cm³/mol. The normalized spacial score (nSPS) is 19.7. The minimum atomic E-state index is -0.611. The van der Waals surface area contributed by atoms with Crippen LogP contribution in [0.1, 0.15) is 32.3 Å². The Morgan fingerprint density at radius 1 is 1.36 bits per heavy atom. The van der Waals surface area contributed by atoms with Gasteiger partial charge >= 0.3 is 5.97 Å². The van der Waals surface area contributed by atoms with Crippen molar-refractivity contribution in [3.63, 3.8) is 0 Å². The SMILES string of the molecule is Cc1csc(C(=O)OC2Cc3ccccc3C2C(N)=O)c1Cl. The van der Waals surface area contributed by atoms with Gasteiger partial charge in [-0.25, -0.2) is 4.79 Å². The van der Waals surface area contributed by atoms with Crippen molar-refractivity contribution in [2.45, 2.75) is 25.4 Å². The second-order valence-electron chi connectivity index (χ2n) is 5.29. The van der Waals surface area contributed by atoms with Crippen LogP contribution in [0.25, 0.3) is 0 Å². The smallest absolute Gasteiger partial charge is 0.350 e. The molecular formula is C16H14ClNO3S. The van der Waals surface area contributed by atoms with Gasteiger partial charge in [0, 0.05) is 6.42 Å². The molecule has 4 nitrogen and oxygen atoms in total. The van der Waals surface area contributed by atoms with E-state index in [4.69, 9.17) is 22.1 Å². The van der Waals surface area contributed by atoms with Crippen LogP contribution >= 0.6 is 22.9 Å². The topological polar surface area (TPSA) is 69.4 Å². The van der Waals surface area contributed by atoms with Gasteiger partial charge in [0.2, 0.25) is 5.91 Å². The third-order valence-electron chi connectivity index (χ3n) is 3.83. The van der Waals surface area contributed by atoms with Crippen LogP contribution in [0, 0.1) is 6.92 Å². The summed E-state index contributed by atoms with van der Waals surface area (Å²) in [5.74, 6) is -1.61. The van der Waals surface area contributed by atoms with Crippen molar-refractivity contribution in [2.75, 3.05) is 0 Å². The van der Waals surface area contributed by atoms with E-state index in [9.17, 15) is 9.59 Å². The standard InChI is InChI=1S/C16H14ClNO3S/c1-8-7-22-14(13(8)17)16(20)21-11-6-9-4-2-3-5-10(9)12(11)15(18)19/h2-5,7,11-12H,6H2,1H3,(H2,18,19). The number of esters is 1. The largest absolute Gasteiger partial charge is 0.457 e. The van der Waals surface area contributed by atoms with Crippen LogP contribution in [0.15, 0.2) is 29.6 Å². The molecule has 0 spiro atoms. The number of halogens is 1. The van der Waals surface area contributed by atoms with Crippen molar-refractivity contribution in [1.29, 1.82) is 0 Å². The van der Waals surface area contributed by atoms with Crippen molar-refractivity contribution >= 4 is 34.8 Å². The number of carbonyl (C=O) groups excluding carboxylic acids is 2. The highest BCUT2D eigenvalue weighted by atomic mass is 35.5. The van der Waals surface area contributed by atoms with Gasteiger partial charge in [-0.2, -0.15) is 0 Å². The number of primary amides is 1. The summed E-state index contributed by atoms with van der Waals surface area (Å²) in [4.78, 5) is 24.4. The molecule has 0 aliphatic heterocycles. The van der Waals surface area contributed by atoms with Gasteiger partial charge in [0.05, 0.1) is 5.02 Å². The molecule has 2 unspecified atom stereocenters. The number of amides is 1. The van der Waals surface area contributed by atoms with Crippen LogP contribution in [0.3, 0.4) is 0 Å². The summed E-state index contributed by atoms with van der Waals surface area (Å²) in [6.07, 6.45) is -0.0989. The molecular weight excluding hydrogens is 322 g/mol. The first-order valence-electron chi connectivity index (χ1n) is 6.80. The first kappa shape index (κ1) is 15.1. The Bertz CT molecular complexity index is 756. The second kappa shape index (κ2) is 5.74. The van der Waals surface area contributed by atoms with Crippen molar-refractivity contribution in [2.24, 2.45) is 5.73 Å². The number of hydrogen-bond acceptors (Lipinski definition) is 4. The third-order valence-corrected chi connectivity index (χ3v) is 5.51. The predicted octanol–water partition coefficient (Wildman–Crippen LogP) is 3.06. The summed E-state index contributed by atoms with van der Waals surface area (Å²) in [7, 11) is 0. The molecule has 3 rings (SSSR count). The van der Waals surface area contributed by atoms with E-state index in [2.05, 4.69) is 0 Å². The van der Waals surface area contributed by atoms with Crippen molar-refractivity contribution in [3.8, 4) is 0 Å². The van der Waals surface area contributed by atoms with E-state index in [0.717, 1.165) is 16.7 Å². The summed E-state index contributed by atoms with van der Waals surface area (Å²) in [5, 5.41) is 2.20. The average Bonchev–Trinajstić information content (AvgIpc) is 2.99. The van der Waals surface area contributed by atoms with E-state index in [1.54, 1.807) is 5.38 Å². The number of hydrogen-bond donors (Lipinski definition) is 1. The summed E-state index contributed by atoms with van der Waals surface area (Å²) in [5.41, 5.74) is 8.15. The molecule has 114 valence electrons. The first-order valence-corrected chi connectivity index (χ1v) is 8.06. The van der Waals surface area contributed by atoms with Crippen LogP contribution in [-0.4, -0.2) is 18.0 Å². The summed E-state index contributed by atoms with van der Waals surface area (Å²) in [6, 6.07) is 7.50. The molecule has 1 aromatic carbocycles. The highest BCUT2D eigenvalue weighted by Gasteiger charge is 2.39. The maximum absolute atomic E-state index is 12.3. The Kier molecular flexibility index (Phi) is 3.93. The molecule has 0 radical (unpaired) electrons. The number of carbonyl (C=O) groups is 2. The number of fused-ring (bicyclic) bond motifs is 1. The van der Waals surface area contributed by atoms with Crippen LogP contribution in [0.4, 0.5) is 0 Å².